The van der Waals surface area contributed by atoms with Crippen molar-refractivity contribution < 1.29 is 13.6 Å². The molecule has 0 saturated carbocycles. The van der Waals surface area contributed by atoms with Gasteiger partial charge in [-0.1, -0.05) is 40.9 Å². The van der Waals surface area contributed by atoms with Gasteiger partial charge in [0, 0.05) is 22.2 Å². The molecule has 0 saturated heterocycles. The Morgan fingerprint density at radius 3 is 2.44 bits per heavy atom. The topological polar surface area (TPSA) is 80.9 Å². The van der Waals surface area contributed by atoms with Crippen LogP contribution in [0.5, 0.6) is 0 Å². The zero-order chi connectivity index (χ0) is 21.9. The molecule has 0 bridgehead atoms. The molecule has 1 amide bonds. The summed E-state index contributed by atoms with van der Waals surface area (Å²) in [6, 6.07) is 20.6. The Balaban J connectivity index is 1.40. The summed E-state index contributed by atoms with van der Waals surface area (Å²) in [6.45, 7) is 0. The molecule has 6 nitrogen and oxygen atoms in total. The van der Waals surface area contributed by atoms with E-state index in [1.54, 1.807) is 54.6 Å². The Morgan fingerprint density at radius 2 is 1.69 bits per heavy atom. The quantitative estimate of drug-likeness (QED) is 0.365. The molecule has 0 spiro atoms. The number of anilines is 1. The number of amides is 1. The molecule has 8 heteroatoms. The molecule has 0 fully saturated rings. The number of halogens is 1. The van der Waals surface area contributed by atoms with E-state index < -0.39 is 5.82 Å². The first-order valence-electron chi connectivity index (χ1n) is 9.68. The molecular formula is C24H15FN4O2S. The Hall–Kier alpha value is -4.17. The van der Waals surface area contributed by atoms with Crippen LogP contribution in [0.3, 0.4) is 0 Å². The molecule has 5 rings (SSSR count). The Morgan fingerprint density at radius 1 is 0.938 bits per heavy atom. The second-order valence-electron chi connectivity index (χ2n) is 6.88. The number of hydrogen-bond donors (Lipinski definition) is 1. The van der Waals surface area contributed by atoms with Crippen LogP contribution in [0.25, 0.3) is 34.0 Å². The van der Waals surface area contributed by atoms with E-state index in [1.807, 2.05) is 17.5 Å². The predicted octanol–water partition coefficient (Wildman–Crippen LogP) is 5.92. The van der Waals surface area contributed by atoms with E-state index in [0.29, 0.717) is 28.1 Å². The number of nitrogens with zero attached hydrogens (tertiary/aromatic N) is 3. The van der Waals surface area contributed by atoms with Crippen molar-refractivity contribution in [2.24, 2.45) is 0 Å². The largest absolute Gasteiger partial charge is 0.436 e. The van der Waals surface area contributed by atoms with Crippen LogP contribution in [0.15, 0.2) is 88.8 Å². The van der Waals surface area contributed by atoms with Crippen LogP contribution in [-0.2, 0) is 0 Å². The van der Waals surface area contributed by atoms with Crippen molar-refractivity contribution in [3.05, 3.63) is 95.8 Å². The highest BCUT2D eigenvalue weighted by Gasteiger charge is 2.18. The lowest BCUT2D eigenvalue weighted by molar-refractivity contribution is 0.102. The van der Waals surface area contributed by atoms with E-state index in [9.17, 15) is 9.18 Å². The molecule has 0 unspecified atom stereocenters. The molecule has 32 heavy (non-hydrogen) atoms. The smallest absolute Gasteiger partial charge is 0.256 e. The maximum atomic E-state index is 14.1. The number of aromatic nitrogens is 3. The minimum absolute atomic E-state index is 0.236. The van der Waals surface area contributed by atoms with Gasteiger partial charge < -0.3 is 9.73 Å². The monoisotopic (exact) mass is 442 g/mol. The van der Waals surface area contributed by atoms with E-state index in [4.69, 9.17) is 4.42 Å². The lowest BCUT2D eigenvalue weighted by Crippen LogP contribution is -2.13. The second kappa shape index (κ2) is 8.52. The van der Waals surface area contributed by atoms with Crippen molar-refractivity contribution in [1.29, 1.82) is 0 Å². The molecule has 156 valence electrons. The summed E-state index contributed by atoms with van der Waals surface area (Å²) in [5.41, 5.74) is 3.55. The predicted molar refractivity (Wildman–Crippen MR) is 121 cm³/mol. The zero-order valence-corrected chi connectivity index (χ0v) is 17.3. The summed E-state index contributed by atoms with van der Waals surface area (Å²) in [6.07, 6.45) is 1.45. The van der Waals surface area contributed by atoms with Crippen LogP contribution in [-0.4, -0.2) is 20.5 Å². The van der Waals surface area contributed by atoms with Crippen molar-refractivity contribution in [1.82, 2.24) is 14.6 Å². The first-order chi connectivity index (χ1) is 15.7. The summed E-state index contributed by atoms with van der Waals surface area (Å²) in [4.78, 5) is 17.3. The van der Waals surface area contributed by atoms with Gasteiger partial charge in [0.15, 0.2) is 5.76 Å². The van der Waals surface area contributed by atoms with Gasteiger partial charge in [0.25, 0.3) is 5.91 Å². The third-order valence-corrected chi connectivity index (χ3v) is 5.35. The van der Waals surface area contributed by atoms with Gasteiger partial charge in [0.2, 0.25) is 5.89 Å². The number of carbonyl (C=O) groups excluding carboxylic acids is 1. The van der Waals surface area contributed by atoms with Gasteiger partial charge in [-0.15, -0.1) is 5.10 Å². The highest BCUT2D eigenvalue weighted by molar-refractivity contribution is 7.03. The highest BCUT2D eigenvalue weighted by atomic mass is 32.1. The van der Waals surface area contributed by atoms with Crippen LogP contribution < -0.4 is 5.32 Å². The molecule has 0 radical (unpaired) electrons. The van der Waals surface area contributed by atoms with Crippen molar-refractivity contribution >= 4 is 23.1 Å². The SMILES string of the molecule is O=C(Nc1ccc(-c2csnn2)cc1)c1ccccc1-c1ncc(-c2ccccc2F)o1. The summed E-state index contributed by atoms with van der Waals surface area (Å²) in [5.74, 6) is -0.187. The van der Waals surface area contributed by atoms with Gasteiger partial charge in [0.1, 0.15) is 11.5 Å². The van der Waals surface area contributed by atoms with Gasteiger partial charge >= 0.3 is 0 Å². The van der Waals surface area contributed by atoms with Crippen LogP contribution in [0.2, 0.25) is 0 Å². The number of benzene rings is 3. The summed E-state index contributed by atoms with van der Waals surface area (Å²) < 4.78 is 23.7. The summed E-state index contributed by atoms with van der Waals surface area (Å²) >= 11 is 1.28. The average molecular weight is 442 g/mol. The molecule has 0 atom stereocenters. The number of hydrogen-bond acceptors (Lipinski definition) is 6. The third kappa shape index (κ3) is 3.91. The first-order valence-corrected chi connectivity index (χ1v) is 10.5. The molecule has 0 aliphatic rings. The van der Waals surface area contributed by atoms with Crippen molar-refractivity contribution in [2.45, 2.75) is 0 Å². The van der Waals surface area contributed by atoms with Crippen molar-refractivity contribution in [3.63, 3.8) is 0 Å². The maximum absolute atomic E-state index is 14.1. The molecule has 1 N–H and O–H groups in total. The van der Waals surface area contributed by atoms with E-state index in [1.165, 1.54) is 23.8 Å². The highest BCUT2D eigenvalue weighted by Crippen LogP contribution is 2.30. The normalized spacial score (nSPS) is 10.8. The second-order valence-corrected chi connectivity index (χ2v) is 7.49. The Kier molecular flexibility index (Phi) is 5.27. The van der Waals surface area contributed by atoms with Crippen LogP contribution in [0, 0.1) is 5.82 Å². The first kappa shape index (κ1) is 19.8. The molecule has 0 aliphatic carbocycles. The van der Waals surface area contributed by atoms with Crippen molar-refractivity contribution in [2.75, 3.05) is 5.32 Å². The van der Waals surface area contributed by atoms with Gasteiger partial charge in [0.05, 0.1) is 17.3 Å². The fourth-order valence-electron chi connectivity index (χ4n) is 3.26. The maximum Gasteiger partial charge on any atom is 0.256 e. The summed E-state index contributed by atoms with van der Waals surface area (Å²) in [5, 5.41) is 8.78. The van der Waals surface area contributed by atoms with Crippen molar-refractivity contribution in [3.8, 4) is 34.0 Å². The van der Waals surface area contributed by atoms with E-state index >= 15 is 0 Å². The van der Waals surface area contributed by atoms with Gasteiger partial charge in [-0.25, -0.2) is 9.37 Å². The molecule has 0 aliphatic heterocycles. The van der Waals surface area contributed by atoms with E-state index in [-0.39, 0.29) is 11.8 Å². The number of oxazole rings is 1. The van der Waals surface area contributed by atoms with Gasteiger partial charge in [-0.05, 0) is 47.9 Å². The van der Waals surface area contributed by atoms with Gasteiger partial charge in [-0.3, -0.25) is 4.79 Å². The molecule has 2 heterocycles. The van der Waals surface area contributed by atoms with Crippen LogP contribution >= 0.6 is 11.5 Å². The fraction of sp³-hybridized carbons (Fsp3) is 0. The van der Waals surface area contributed by atoms with Crippen LogP contribution in [0.4, 0.5) is 10.1 Å². The minimum Gasteiger partial charge on any atom is -0.436 e. The number of nitrogens with one attached hydrogen (secondary N) is 1. The fourth-order valence-corrected chi connectivity index (χ4v) is 3.73. The zero-order valence-electron chi connectivity index (χ0n) is 16.5. The third-order valence-electron chi connectivity index (χ3n) is 4.85. The average Bonchev–Trinajstić information content (AvgIpc) is 3.53. The number of rotatable bonds is 5. The number of carbonyl (C=O) groups is 1. The lowest BCUT2D eigenvalue weighted by Gasteiger charge is -2.09. The molecular weight excluding hydrogens is 427 g/mol. The molecule has 2 aromatic heterocycles. The van der Waals surface area contributed by atoms with Crippen LogP contribution in [0.1, 0.15) is 10.4 Å². The van der Waals surface area contributed by atoms with E-state index in [0.717, 1.165) is 11.3 Å². The Bertz CT molecular complexity index is 1380. The minimum atomic E-state index is -0.405. The summed E-state index contributed by atoms with van der Waals surface area (Å²) in [7, 11) is 0. The van der Waals surface area contributed by atoms with Gasteiger partial charge in [-0.2, -0.15) is 0 Å². The lowest BCUT2D eigenvalue weighted by atomic mass is 10.1. The van der Waals surface area contributed by atoms with E-state index in [2.05, 4.69) is 19.9 Å². The Labute approximate surface area is 186 Å². The standard InChI is InChI=1S/C24H15FN4O2S/c25-20-8-4-3-7-19(20)22-13-26-24(31-22)18-6-2-1-5-17(18)23(30)27-16-11-9-15(10-12-16)21-14-32-29-28-21/h1-14H,(H,27,30). The molecule has 5 aromatic rings. The molecule has 3 aromatic carbocycles.